The summed E-state index contributed by atoms with van der Waals surface area (Å²) in [5.41, 5.74) is 3.74. The molecule has 2 aliphatic rings. The third-order valence-corrected chi connectivity index (χ3v) is 6.68. The zero-order valence-electron chi connectivity index (χ0n) is 15.1. The lowest BCUT2D eigenvalue weighted by atomic mass is 10.0. The topological polar surface area (TPSA) is 39.1 Å². The minimum absolute atomic E-state index is 0.0924. The number of rotatable bonds is 3. The molecule has 1 unspecified atom stereocenters. The number of ether oxygens (including phenoxy) is 1. The van der Waals surface area contributed by atoms with Crippen molar-refractivity contribution in [3.05, 3.63) is 40.0 Å². The molecule has 1 atom stereocenters. The Morgan fingerprint density at radius 1 is 1.36 bits per heavy atom. The fraction of sp³-hybridized carbons (Fsp3) is 0.526. The van der Waals surface area contributed by atoms with Crippen LogP contribution < -0.4 is 10.1 Å². The molecule has 1 aromatic carbocycles. The summed E-state index contributed by atoms with van der Waals surface area (Å²) in [4.78, 5) is 0. The van der Waals surface area contributed by atoms with E-state index >= 15 is 0 Å². The largest absolute Gasteiger partial charge is 0.496 e. The minimum atomic E-state index is 0.0924. The number of nitrogens with zero attached hydrogens (tertiary/aromatic N) is 2. The quantitative estimate of drug-likeness (QED) is 0.818. The Balaban J connectivity index is 1.91. The van der Waals surface area contributed by atoms with Gasteiger partial charge in [0.25, 0.3) is 0 Å². The molecule has 0 amide bonds. The van der Waals surface area contributed by atoms with Crippen molar-refractivity contribution in [3.63, 3.8) is 0 Å². The van der Waals surface area contributed by atoms with Crippen LogP contribution in [-0.4, -0.2) is 28.2 Å². The van der Waals surface area contributed by atoms with E-state index in [0.29, 0.717) is 10.9 Å². The van der Waals surface area contributed by atoms with E-state index < -0.39 is 0 Å². The number of halogens is 1. The molecule has 1 N–H and O–H groups in total. The molecule has 4 nitrogen and oxygen atoms in total. The van der Waals surface area contributed by atoms with Gasteiger partial charge in [-0.25, -0.2) is 0 Å². The van der Waals surface area contributed by atoms with Crippen LogP contribution in [0.3, 0.4) is 0 Å². The summed E-state index contributed by atoms with van der Waals surface area (Å²) in [6, 6.07) is 5.97. The fourth-order valence-corrected chi connectivity index (χ4v) is 5.15. The molecule has 1 fully saturated rings. The van der Waals surface area contributed by atoms with E-state index in [1.807, 2.05) is 35.6 Å². The Morgan fingerprint density at radius 3 is 2.80 bits per heavy atom. The predicted octanol–water partition coefficient (Wildman–Crippen LogP) is 4.99. The maximum atomic E-state index is 6.20. The highest BCUT2D eigenvalue weighted by molar-refractivity contribution is 8.01. The van der Waals surface area contributed by atoms with Crippen molar-refractivity contribution in [2.75, 3.05) is 19.0 Å². The van der Waals surface area contributed by atoms with Crippen molar-refractivity contribution in [2.24, 2.45) is 7.05 Å². The smallest absolute Gasteiger partial charge is 0.128 e. The zero-order valence-corrected chi connectivity index (χ0v) is 16.7. The van der Waals surface area contributed by atoms with Gasteiger partial charge in [-0.3, -0.25) is 4.68 Å². The number of hydrogen-bond donors (Lipinski definition) is 1. The van der Waals surface area contributed by atoms with Gasteiger partial charge >= 0.3 is 0 Å². The van der Waals surface area contributed by atoms with Crippen molar-refractivity contribution >= 4 is 29.2 Å². The number of thioether (sulfide) groups is 1. The Kier molecular flexibility index (Phi) is 4.19. The first-order chi connectivity index (χ1) is 11.9. The Hall–Kier alpha value is -1.33. The molecule has 0 spiro atoms. The number of aryl methyl sites for hydroxylation is 1. The van der Waals surface area contributed by atoms with E-state index in [1.54, 1.807) is 7.11 Å². The number of nitrogens with one attached hydrogen (secondary N) is 1. The average Bonchev–Trinajstić information content (AvgIpc) is 3.36. The van der Waals surface area contributed by atoms with Gasteiger partial charge in [0.1, 0.15) is 11.6 Å². The third-order valence-electron chi connectivity index (χ3n) is 4.94. The molecule has 0 saturated heterocycles. The van der Waals surface area contributed by atoms with Gasteiger partial charge in [0, 0.05) is 40.4 Å². The summed E-state index contributed by atoms with van der Waals surface area (Å²) < 4.78 is 7.79. The Morgan fingerprint density at radius 2 is 2.12 bits per heavy atom. The normalized spacial score (nSPS) is 22.0. The average molecular weight is 378 g/mol. The van der Waals surface area contributed by atoms with E-state index in [0.717, 1.165) is 18.1 Å². The van der Waals surface area contributed by atoms with E-state index in [2.05, 4.69) is 25.2 Å². The minimum Gasteiger partial charge on any atom is -0.496 e. The van der Waals surface area contributed by atoms with E-state index in [9.17, 15) is 0 Å². The van der Waals surface area contributed by atoms with Gasteiger partial charge in [0.15, 0.2) is 0 Å². The summed E-state index contributed by atoms with van der Waals surface area (Å²) in [6.45, 7) is 5.48. The second-order valence-electron chi connectivity index (χ2n) is 7.54. The highest BCUT2D eigenvalue weighted by Gasteiger charge is 2.40. The van der Waals surface area contributed by atoms with Crippen LogP contribution in [0, 0.1) is 0 Å². The van der Waals surface area contributed by atoms with Gasteiger partial charge in [-0.15, -0.1) is 11.8 Å². The lowest BCUT2D eigenvalue weighted by molar-refractivity contribution is 0.410. The van der Waals surface area contributed by atoms with Gasteiger partial charge in [-0.05, 0) is 38.8 Å². The lowest BCUT2D eigenvalue weighted by Crippen LogP contribution is -2.26. The molecular weight excluding hydrogens is 354 g/mol. The van der Waals surface area contributed by atoms with Crippen LogP contribution in [0.1, 0.15) is 54.7 Å². The van der Waals surface area contributed by atoms with Crippen LogP contribution in [-0.2, 0) is 7.05 Å². The zero-order chi connectivity index (χ0) is 17.8. The van der Waals surface area contributed by atoms with E-state index in [-0.39, 0.29) is 10.00 Å². The summed E-state index contributed by atoms with van der Waals surface area (Å²) >= 11 is 8.18. The highest BCUT2D eigenvalue weighted by Crippen LogP contribution is 2.54. The highest BCUT2D eigenvalue weighted by atomic mass is 35.5. The Bertz CT molecular complexity index is 813. The van der Waals surface area contributed by atoms with Crippen molar-refractivity contribution < 1.29 is 4.74 Å². The van der Waals surface area contributed by atoms with Crippen LogP contribution >= 0.6 is 23.4 Å². The van der Waals surface area contributed by atoms with Gasteiger partial charge in [0.2, 0.25) is 0 Å². The van der Waals surface area contributed by atoms with Gasteiger partial charge in [-0.2, -0.15) is 5.10 Å². The van der Waals surface area contributed by atoms with Crippen LogP contribution in [0.2, 0.25) is 5.02 Å². The third kappa shape index (κ3) is 3.13. The molecule has 0 bridgehead atoms. The second kappa shape index (κ2) is 6.13. The molecule has 4 rings (SSSR count). The molecule has 0 radical (unpaired) electrons. The molecule has 6 heteroatoms. The van der Waals surface area contributed by atoms with Gasteiger partial charge in [-0.1, -0.05) is 17.7 Å². The predicted molar refractivity (Wildman–Crippen MR) is 105 cm³/mol. The number of anilines is 1. The number of aromatic nitrogens is 2. The molecule has 25 heavy (non-hydrogen) atoms. The molecular formula is C19H24ClN3OS. The molecule has 1 aliphatic carbocycles. The lowest BCUT2D eigenvalue weighted by Gasteiger charge is -2.27. The molecule has 2 aromatic rings. The first-order valence-corrected chi connectivity index (χ1v) is 9.97. The standard InChI is InChI=1S/C19H24ClN3OS/c1-19(2)10-21-18-15(16(11-5-6-11)22-23(18)3)17(25-19)13-8-7-12(20)9-14(13)24-4/h7-9,11,17,21H,5-6,10H2,1-4H3. The maximum Gasteiger partial charge on any atom is 0.128 e. The number of fused-ring (bicyclic) bond motifs is 1. The molecule has 1 aliphatic heterocycles. The van der Waals surface area contributed by atoms with Gasteiger partial charge < -0.3 is 10.1 Å². The summed E-state index contributed by atoms with van der Waals surface area (Å²) in [5.74, 6) is 2.58. The fourth-order valence-electron chi connectivity index (χ4n) is 3.52. The Labute approximate surface area is 158 Å². The summed E-state index contributed by atoms with van der Waals surface area (Å²) in [7, 11) is 3.75. The van der Waals surface area contributed by atoms with Crippen molar-refractivity contribution in [1.82, 2.24) is 9.78 Å². The summed E-state index contributed by atoms with van der Waals surface area (Å²) in [5, 5.41) is 9.39. The maximum absolute atomic E-state index is 6.20. The van der Waals surface area contributed by atoms with Crippen LogP contribution in [0.25, 0.3) is 0 Å². The van der Waals surface area contributed by atoms with Crippen molar-refractivity contribution in [1.29, 1.82) is 0 Å². The van der Waals surface area contributed by atoms with E-state index in [4.69, 9.17) is 21.4 Å². The second-order valence-corrected chi connectivity index (χ2v) is 9.79. The SMILES string of the molecule is COc1cc(Cl)ccc1C1SC(C)(C)CNc2c1c(C1CC1)nn2C. The van der Waals surface area contributed by atoms with E-state index in [1.165, 1.54) is 29.7 Å². The van der Waals surface area contributed by atoms with Crippen LogP contribution in [0.15, 0.2) is 18.2 Å². The number of benzene rings is 1. The first-order valence-electron chi connectivity index (χ1n) is 8.71. The molecule has 134 valence electrons. The molecule has 1 saturated carbocycles. The van der Waals surface area contributed by atoms with Crippen molar-refractivity contribution in [2.45, 2.75) is 42.6 Å². The van der Waals surface area contributed by atoms with Gasteiger partial charge in [0.05, 0.1) is 18.1 Å². The van der Waals surface area contributed by atoms with Crippen molar-refractivity contribution in [3.8, 4) is 5.75 Å². The summed E-state index contributed by atoms with van der Waals surface area (Å²) in [6.07, 6.45) is 2.48. The number of hydrogen-bond acceptors (Lipinski definition) is 4. The first kappa shape index (κ1) is 17.1. The monoisotopic (exact) mass is 377 g/mol. The molecule has 1 aromatic heterocycles. The van der Waals surface area contributed by atoms with Crippen LogP contribution in [0.4, 0.5) is 5.82 Å². The molecule has 2 heterocycles. The number of methoxy groups -OCH3 is 1. The van der Waals surface area contributed by atoms with Crippen LogP contribution in [0.5, 0.6) is 5.75 Å².